The van der Waals surface area contributed by atoms with E-state index in [9.17, 15) is 9.59 Å². The number of benzene rings is 2. The van der Waals surface area contributed by atoms with Crippen LogP contribution >= 0.6 is 0 Å². The minimum absolute atomic E-state index is 0.150. The highest BCUT2D eigenvalue weighted by molar-refractivity contribution is 5.96. The Morgan fingerprint density at radius 3 is 2.50 bits per heavy atom. The fourth-order valence-electron chi connectivity index (χ4n) is 2.62. The van der Waals surface area contributed by atoms with E-state index in [4.69, 9.17) is 9.47 Å². The number of hydrogen-bond acceptors (Lipinski definition) is 4. The van der Waals surface area contributed by atoms with Crippen molar-refractivity contribution in [3.63, 3.8) is 0 Å². The van der Waals surface area contributed by atoms with Crippen LogP contribution in [0.15, 0.2) is 48.5 Å². The van der Waals surface area contributed by atoms with E-state index < -0.39 is 6.10 Å². The van der Waals surface area contributed by atoms with Crippen molar-refractivity contribution in [3.8, 4) is 5.75 Å². The lowest BCUT2D eigenvalue weighted by Crippen LogP contribution is -2.32. The van der Waals surface area contributed by atoms with Gasteiger partial charge < -0.3 is 20.1 Å². The van der Waals surface area contributed by atoms with E-state index in [2.05, 4.69) is 10.6 Å². The van der Waals surface area contributed by atoms with Gasteiger partial charge in [-0.05, 0) is 61.7 Å². The molecule has 0 fully saturated rings. The summed E-state index contributed by atoms with van der Waals surface area (Å²) in [6.45, 7) is 5.04. The number of rotatable bonds is 10. The van der Waals surface area contributed by atoms with Crippen molar-refractivity contribution in [3.05, 3.63) is 59.7 Å². The molecule has 2 aromatic rings. The lowest BCUT2D eigenvalue weighted by molar-refractivity contribution is -0.122. The van der Waals surface area contributed by atoms with Gasteiger partial charge >= 0.3 is 0 Å². The van der Waals surface area contributed by atoms with E-state index in [0.29, 0.717) is 36.6 Å². The molecule has 28 heavy (non-hydrogen) atoms. The highest BCUT2D eigenvalue weighted by Gasteiger charge is 2.18. The molecule has 0 spiro atoms. The largest absolute Gasteiger partial charge is 0.481 e. The van der Waals surface area contributed by atoms with Crippen molar-refractivity contribution in [2.45, 2.75) is 32.8 Å². The van der Waals surface area contributed by atoms with Gasteiger partial charge in [0.05, 0.1) is 0 Å². The van der Waals surface area contributed by atoms with Crippen LogP contribution in [0, 0.1) is 6.92 Å². The SMILES string of the molecule is CCC(Oc1cccc(C)c1)C(=O)Nc1ccc(C(=O)NCCCOC)cc1. The van der Waals surface area contributed by atoms with Crippen LogP contribution in [0.25, 0.3) is 0 Å². The normalized spacial score (nSPS) is 11.5. The van der Waals surface area contributed by atoms with Crippen molar-refractivity contribution >= 4 is 17.5 Å². The lowest BCUT2D eigenvalue weighted by atomic mass is 10.1. The zero-order chi connectivity index (χ0) is 20.4. The van der Waals surface area contributed by atoms with Gasteiger partial charge in [-0.25, -0.2) is 0 Å². The Bertz CT molecular complexity index is 774. The van der Waals surface area contributed by atoms with Crippen molar-refractivity contribution in [2.24, 2.45) is 0 Å². The fraction of sp³-hybridized carbons (Fsp3) is 0.364. The van der Waals surface area contributed by atoms with Gasteiger partial charge in [0, 0.05) is 31.5 Å². The summed E-state index contributed by atoms with van der Waals surface area (Å²) >= 11 is 0. The van der Waals surface area contributed by atoms with Crippen molar-refractivity contribution in [2.75, 3.05) is 25.6 Å². The van der Waals surface area contributed by atoms with Crippen LogP contribution in [0.2, 0.25) is 0 Å². The first-order valence-electron chi connectivity index (χ1n) is 9.45. The molecule has 2 N–H and O–H groups in total. The zero-order valence-electron chi connectivity index (χ0n) is 16.7. The minimum atomic E-state index is -0.592. The number of anilines is 1. The second-order valence-corrected chi connectivity index (χ2v) is 6.50. The molecule has 1 atom stereocenters. The first-order chi connectivity index (χ1) is 13.5. The van der Waals surface area contributed by atoms with Gasteiger partial charge in [-0.15, -0.1) is 0 Å². The average molecular weight is 384 g/mol. The number of ether oxygens (including phenoxy) is 2. The summed E-state index contributed by atoms with van der Waals surface area (Å²) < 4.78 is 10.8. The molecule has 0 aromatic heterocycles. The summed E-state index contributed by atoms with van der Waals surface area (Å²) in [6, 6.07) is 14.4. The van der Waals surface area contributed by atoms with Gasteiger partial charge in [-0.2, -0.15) is 0 Å². The summed E-state index contributed by atoms with van der Waals surface area (Å²) in [7, 11) is 1.63. The van der Waals surface area contributed by atoms with E-state index in [1.54, 1.807) is 31.4 Å². The number of hydrogen-bond donors (Lipinski definition) is 2. The van der Waals surface area contributed by atoms with Gasteiger partial charge in [0.1, 0.15) is 5.75 Å². The Morgan fingerprint density at radius 2 is 1.86 bits per heavy atom. The first kappa shape index (κ1) is 21.4. The lowest BCUT2D eigenvalue weighted by Gasteiger charge is -2.17. The van der Waals surface area contributed by atoms with E-state index in [1.165, 1.54) is 0 Å². The smallest absolute Gasteiger partial charge is 0.265 e. The summed E-state index contributed by atoms with van der Waals surface area (Å²) in [5, 5.41) is 5.67. The summed E-state index contributed by atoms with van der Waals surface area (Å²) in [5.41, 5.74) is 2.23. The fourth-order valence-corrected chi connectivity index (χ4v) is 2.62. The Morgan fingerprint density at radius 1 is 1.11 bits per heavy atom. The predicted molar refractivity (Wildman–Crippen MR) is 110 cm³/mol. The Kier molecular flexibility index (Phi) is 8.49. The molecule has 6 nitrogen and oxygen atoms in total. The van der Waals surface area contributed by atoms with Crippen LogP contribution in [0.3, 0.4) is 0 Å². The molecule has 1 unspecified atom stereocenters. The molecule has 2 amide bonds. The zero-order valence-corrected chi connectivity index (χ0v) is 16.7. The molecule has 0 saturated carbocycles. The third kappa shape index (κ3) is 6.70. The number of carbonyl (C=O) groups excluding carboxylic acids is 2. The van der Waals surface area contributed by atoms with Gasteiger partial charge in [0.2, 0.25) is 0 Å². The van der Waals surface area contributed by atoms with E-state index in [1.807, 2.05) is 38.1 Å². The summed E-state index contributed by atoms with van der Waals surface area (Å²) in [5.74, 6) is 0.298. The monoisotopic (exact) mass is 384 g/mol. The molecule has 0 heterocycles. The third-order valence-electron chi connectivity index (χ3n) is 4.16. The van der Waals surface area contributed by atoms with Crippen LogP contribution in [-0.2, 0) is 9.53 Å². The second kappa shape index (κ2) is 11.1. The van der Waals surface area contributed by atoms with Gasteiger partial charge in [-0.1, -0.05) is 19.1 Å². The predicted octanol–water partition coefficient (Wildman–Crippen LogP) is 3.56. The molecular formula is C22H28N2O4. The number of amides is 2. The maximum Gasteiger partial charge on any atom is 0.265 e. The number of carbonyl (C=O) groups is 2. The highest BCUT2D eigenvalue weighted by Crippen LogP contribution is 2.17. The molecular weight excluding hydrogens is 356 g/mol. The van der Waals surface area contributed by atoms with Crippen LogP contribution in [0.5, 0.6) is 5.75 Å². The average Bonchev–Trinajstić information content (AvgIpc) is 2.69. The van der Waals surface area contributed by atoms with Crippen LogP contribution in [-0.4, -0.2) is 38.2 Å². The first-order valence-corrected chi connectivity index (χ1v) is 9.45. The maximum absolute atomic E-state index is 12.5. The van der Waals surface area contributed by atoms with Crippen molar-refractivity contribution in [1.82, 2.24) is 5.32 Å². The number of methoxy groups -OCH3 is 1. The molecule has 0 aliphatic rings. The maximum atomic E-state index is 12.5. The molecule has 2 rings (SSSR count). The van der Waals surface area contributed by atoms with E-state index in [-0.39, 0.29) is 11.8 Å². The third-order valence-corrected chi connectivity index (χ3v) is 4.16. The topological polar surface area (TPSA) is 76.7 Å². The van der Waals surface area contributed by atoms with Gasteiger partial charge in [0.15, 0.2) is 6.10 Å². The molecule has 0 aliphatic carbocycles. The summed E-state index contributed by atoms with van der Waals surface area (Å²) in [4.78, 5) is 24.6. The van der Waals surface area contributed by atoms with Gasteiger partial charge in [-0.3, -0.25) is 9.59 Å². The van der Waals surface area contributed by atoms with Gasteiger partial charge in [0.25, 0.3) is 11.8 Å². The summed E-state index contributed by atoms with van der Waals surface area (Å²) in [6.07, 6.45) is 0.711. The van der Waals surface area contributed by atoms with E-state index in [0.717, 1.165) is 12.0 Å². The Hall–Kier alpha value is -2.86. The molecule has 0 radical (unpaired) electrons. The Labute approximate surface area is 166 Å². The molecule has 6 heteroatoms. The van der Waals surface area contributed by atoms with Crippen molar-refractivity contribution < 1.29 is 19.1 Å². The Balaban J connectivity index is 1.90. The van der Waals surface area contributed by atoms with Crippen LogP contribution in [0.1, 0.15) is 35.7 Å². The highest BCUT2D eigenvalue weighted by atomic mass is 16.5. The number of nitrogens with one attached hydrogen (secondary N) is 2. The molecule has 150 valence electrons. The van der Waals surface area contributed by atoms with Crippen molar-refractivity contribution in [1.29, 1.82) is 0 Å². The molecule has 2 aromatic carbocycles. The molecule has 0 aliphatic heterocycles. The molecule has 0 bridgehead atoms. The van der Waals surface area contributed by atoms with Crippen LogP contribution < -0.4 is 15.4 Å². The quantitative estimate of drug-likeness (QED) is 0.614. The van der Waals surface area contributed by atoms with Crippen LogP contribution in [0.4, 0.5) is 5.69 Å². The van der Waals surface area contributed by atoms with E-state index >= 15 is 0 Å². The number of aryl methyl sites for hydroxylation is 1. The molecule has 0 saturated heterocycles. The minimum Gasteiger partial charge on any atom is -0.481 e. The standard InChI is InChI=1S/C22H28N2O4/c1-4-20(28-19-8-5-7-16(2)15-19)22(26)24-18-11-9-17(10-12-18)21(25)23-13-6-14-27-3/h5,7-12,15,20H,4,6,13-14H2,1-3H3,(H,23,25)(H,24,26). The second-order valence-electron chi connectivity index (χ2n) is 6.50.